The van der Waals surface area contributed by atoms with Gasteiger partial charge in [0, 0.05) is 6.42 Å². The lowest BCUT2D eigenvalue weighted by Gasteiger charge is -2.25. The van der Waals surface area contributed by atoms with Crippen molar-refractivity contribution in [3.63, 3.8) is 0 Å². The number of carbonyl (C=O) groups excluding carboxylic acids is 1. The summed E-state index contributed by atoms with van der Waals surface area (Å²) in [6.45, 7) is 4.68. The maximum atomic E-state index is 12.7. The number of phosphoric ester groups is 1. The molecule has 0 aliphatic rings. The van der Waals surface area contributed by atoms with Crippen molar-refractivity contribution in [2.45, 2.75) is 161 Å². The van der Waals surface area contributed by atoms with Crippen LogP contribution in [-0.4, -0.2) is 73.4 Å². The van der Waals surface area contributed by atoms with Crippen molar-refractivity contribution in [1.82, 2.24) is 5.32 Å². The average Bonchev–Trinajstić information content (AvgIpc) is 3.01. The van der Waals surface area contributed by atoms with Gasteiger partial charge in [0.05, 0.1) is 39.9 Å². The van der Waals surface area contributed by atoms with Crippen LogP contribution in [0.4, 0.5) is 0 Å². The van der Waals surface area contributed by atoms with E-state index in [0.717, 1.165) is 38.5 Å². The fourth-order valence-electron chi connectivity index (χ4n) is 4.98. The first-order valence-electron chi connectivity index (χ1n) is 18.9. The van der Waals surface area contributed by atoms with Crippen LogP contribution in [0.5, 0.6) is 0 Å². The van der Waals surface area contributed by atoms with Gasteiger partial charge in [-0.3, -0.25) is 13.8 Å². The highest BCUT2D eigenvalue weighted by atomic mass is 31.2. The summed E-state index contributed by atoms with van der Waals surface area (Å²) in [5, 5.41) is 13.6. The number of amides is 1. The lowest BCUT2D eigenvalue weighted by atomic mass is 10.1. The molecule has 0 rings (SSSR count). The number of aliphatic hydroxyl groups is 1. The van der Waals surface area contributed by atoms with E-state index in [9.17, 15) is 19.4 Å². The van der Waals surface area contributed by atoms with Gasteiger partial charge in [0.15, 0.2) is 0 Å². The summed E-state index contributed by atoms with van der Waals surface area (Å²) in [5.74, 6) is -0.198. The number of aliphatic hydroxyl groups excluding tert-OH is 1. The third-order valence-corrected chi connectivity index (χ3v) is 9.07. The highest BCUT2D eigenvalue weighted by molar-refractivity contribution is 7.47. The third kappa shape index (κ3) is 33.0. The molecule has 0 bridgehead atoms. The number of rotatable bonds is 33. The number of likely N-dealkylation sites (N-methyl/N-ethyl adjacent to an activating group) is 1. The number of phosphoric acid groups is 1. The van der Waals surface area contributed by atoms with Crippen LogP contribution in [-0.2, 0) is 18.4 Å². The normalized spacial score (nSPS) is 15.1. The third-order valence-electron chi connectivity index (χ3n) is 8.08. The van der Waals surface area contributed by atoms with Crippen molar-refractivity contribution in [2.75, 3.05) is 40.9 Å². The van der Waals surface area contributed by atoms with Crippen molar-refractivity contribution >= 4 is 13.7 Å². The van der Waals surface area contributed by atoms with E-state index in [-0.39, 0.29) is 19.1 Å². The van der Waals surface area contributed by atoms with Gasteiger partial charge in [-0.05, 0) is 51.4 Å². The first-order valence-corrected chi connectivity index (χ1v) is 20.4. The van der Waals surface area contributed by atoms with Crippen LogP contribution < -0.4 is 5.32 Å². The first-order chi connectivity index (χ1) is 22.5. The lowest BCUT2D eigenvalue weighted by Crippen LogP contribution is -2.45. The molecule has 0 aliphatic carbocycles. The van der Waals surface area contributed by atoms with Crippen LogP contribution in [0.15, 0.2) is 36.5 Å². The molecule has 0 aliphatic heterocycles. The highest BCUT2D eigenvalue weighted by Gasteiger charge is 2.27. The lowest BCUT2D eigenvalue weighted by molar-refractivity contribution is -0.870. The molecule has 276 valence electrons. The molecule has 47 heavy (non-hydrogen) atoms. The van der Waals surface area contributed by atoms with Gasteiger partial charge in [-0.15, -0.1) is 0 Å². The number of nitrogens with zero attached hydrogens (tertiary/aromatic N) is 1. The van der Waals surface area contributed by atoms with Gasteiger partial charge in [-0.1, -0.05) is 127 Å². The molecule has 0 aromatic rings. The molecule has 0 heterocycles. The van der Waals surface area contributed by atoms with Crippen molar-refractivity contribution in [1.29, 1.82) is 0 Å². The molecule has 0 radical (unpaired) electrons. The van der Waals surface area contributed by atoms with Crippen molar-refractivity contribution < 1.29 is 32.9 Å². The van der Waals surface area contributed by atoms with E-state index < -0.39 is 20.0 Å². The van der Waals surface area contributed by atoms with Crippen LogP contribution in [0.2, 0.25) is 0 Å². The quantitative estimate of drug-likeness (QED) is 0.0275. The molecule has 0 fully saturated rings. The molecular weight excluding hydrogens is 611 g/mol. The van der Waals surface area contributed by atoms with Gasteiger partial charge in [-0.2, -0.15) is 0 Å². The molecule has 3 N–H and O–H groups in total. The van der Waals surface area contributed by atoms with Crippen molar-refractivity contribution in [3.8, 4) is 0 Å². The Labute approximate surface area is 289 Å². The Kier molecular flexibility index (Phi) is 29.9. The molecule has 8 nitrogen and oxygen atoms in total. The first kappa shape index (κ1) is 45.7. The predicted molar refractivity (Wildman–Crippen MR) is 198 cm³/mol. The smallest absolute Gasteiger partial charge is 0.387 e. The van der Waals surface area contributed by atoms with Gasteiger partial charge >= 0.3 is 7.82 Å². The minimum atomic E-state index is -4.33. The molecule has 0 saturated heterocycles. The second-order valence-corrected chi connectivity index (χ2v) is 15.4. The van der Waals surface area contributed by atoms with E-state index in [2.05, 4.69) is 43.5 Å². The molecule has 9 heteroatoms. The molecule has 1 amide bonds. The van der Waals surface area contributed by atoms with Gasteiger partial charge in [0.1, 0.15) is 13.2 Å². The topological polar surface area (TPSA) is 105 Å². The summed E-state index contributed by atoms with van der Waals surface area (Å²) >= 11 is 0. The zero-order chi connectivity index (χ0) is 35.1. The van der Waals surface area contributed by atoms with E-state index >= 15 is 0 Å². The Balaban J connectivity index is 4.44. The zero-order valence-electron chi connectivity index (χ0n) is 31.0. The van der Waals surface area contributed by atoms with Crippen LogP contribution in [0, 0.1) is 0 Å². The van der Waals surface area contributed by atoms with E-state index in [1.165, 1.54) is 89.9 Å². The summed E-state index contributed by atoms with van der Waals surface area (Å²) in [6.07, 6.45) is 35.1. The van der Waals surface area contributed by atoms with Gasteiger partial charge in [-0.25, -0.2) is 4.57 Å². The number of hydrogen-bond acceptors (Lipinski definition) is 5. The van der Waals surface area contributed by atoms with Crippen molar-refractivity contribution in [3.05, 3.63) is 36.5 Å². The van der Waals surface area contributed by atoms with Gasteiger partial charge in [0.2, 0.25) is 5.91 Å². The highest BCUT2D eigenvalue weighted by Crippen LogP contribution is 2.43. The molecule has 0 aromatic carbocycles. The Bertz CT molecular complexity index is 871. The van der Waals surface area contributed by atoms with Crippen LogP contribution in [0.25, 0.3) is 0 Å². The summed E-state index contributed by atoms with van der Waals surface area (Å²) in [6, 6.07) is -0.860. The van der Waals surface area contributed by atoms with Crippen LogP contribution in [0.1, 0.15) is 149 Å². The van der Waals surface area contributed by atoms with E-state index in [0.29, 0.717) is 17.4 Å². The average molecular weight is 686 g/mol. The van der Waals surface area contributed by atoms with E-state index in [1.54, 1.807) is 6.08 Å². The van der Waals surface area contributed by atoms with Gasteiger partial charge < -0.3 is 19.8 Å². The maximum Gasteiger partial charge on any atom is 0.472 e. The van der Waals surface area contributed by atoms with Crippen molar-refractivity contribution in [2.24, 2.45) is 0 Å². The fourth-order valence-corrected chi connectivity index (χ4v) is 5.71. The summed E-state index contributed by atoms with van der Waals surface area (Å²) in [4.78, 5) is 22.9. The van der Waals surface area contributed by atoms with E-state index in [4.69, 9.17) is 9.05 Å². The zero-order valence-corrected chi connectivity index (χ0v) is 31.9. The minimum Gasteiger partial charge on any atom is -0.387 e. The molecule has 0 aromatic heterocycles. The van der Waals surface area contributed by atoms with Crippen LogP contribution in [0.3, 0.4) is 0 Å². The minimum absolute atomic E-state index is 0.0545. The molecule has 3 unspecified atom stereocenters. The molecule has 3 atom stereocenters. The summed E-state index contributed by atoms with van der Waals surface area (Å²) < 4.78 is 23.3. The van der Waals surface area contributed by atoms with E-state index in [1.807, 2.05) is 27.2 Å². The SMILES string of the molecule is CCCC/C=C/CC/C=C/C(O)C(COP(=O)(O)OCC[N+](C)(C)C)NC(=O)CCCCCCCCC/C=C\CCCCCCCC. The van der Waals surface area contributed by atoms with Crippen LogP contribution >= 0.6 is 7.82 Å². The maximum absolute atomic E-state index is 12.7. The number of allylic oxidation sites excluding steroid dienone is 5. The number of unbranched alkanes of at least 4 members (excludes halogenated alkanes) is 16. The molecule has 0 spiro atoms. The Hall–Kier alpha value is -1.28. The predicted octanol–water partition coefficient (Wildman–Crippen LogP) is 9.57. The Morgan fingerprint density at radius 2 is 1.19 bits per heavy atom. The standard InChI is InChI=1S/C38H73N2O6P/c1-6-8-10-12-14-16-17-18-19-20-21-22-23-24-26-28-30-32-38(42)39-36(35-46-47(43,44)45-34-33-40(3,4)5)37(41)31-29-27-25-15-13-11-9-7-2/h13,15,18-19,29,31,36-37,41H,6-12,14,16-17,20-28,30,32-35H2,1-5H3,(H-,39,42,43,44)/p+1/b15-13+,19-18-,31-29+. The monoisotopic (exact) mass is 686 g/mol. The molecular formula is C38H74N2O6P+. The number of hydrogen-bond donors (Lipinski definition) is 3. The number of quaternary nitrogens is 1. The largest absolute Gasteiger partial charge is 0.472 e. The number of nitrogens with one attached hydrogen (secondary N) is 1. The summed E-state index contributed by atoms with van der Waals surface area (Å²) in [5.41, 5.74) is 0. The second-order valence-electron chi connectivity index (χ2n) is 13.9. The Morgan fingerprint density at radius 3 is 1.77 bits per heavy atom. The number of carbonyl (C=O) groups is 1. The van der Waals surface area contributed by atoms with Gasteiger partial charge in [0.25, 0.3) is 0 Å². The Morgan fingerprint density at radius 1 is 0.702 bits per heavy atom. The molecule has 0 saturated carbocycles. The summed E-state index contributed by atoms with van der Waals surface area (Å²) in [7, 11) is 1.54. The second kappa shape index (κ2) is 30.8. The fraction of sp³-hybridized carbons (Fsp3) is 0.816.